The highest BCUT2D eigenvalue weighted by molar-refractivity contribution is 5.80. The molecule has 0 amide bonds. The predicted octanol–water partition coefficient (Wildman–Crippen LogP) is 2.47. The maximum Gasteiger partial charge on any atom is 0.225 e. The molecule has 0 radical (unpaired) electrons. The minimum Gasteiger partial charge on any atom is -0.356 e. The minimum atomic E-state index is 0.437. The van der Waals surface area contributed by atoms with Gasteiger partial charge >= 0.3 is 0 Å². The molecule has 3 heterocycles. The van der Waals surface area contributed by atoms with Gasteiger partial charge in [-0.1, -0.05) is 20.3 Å². The second-order valence-electron chi connectivity index (χ2n) is 8.79. The molecule has 1 aromatic rings. The predicted molar refractivity (Wildman–Crippen MR) is 120 cm³/mol. The van der Waals surface area contributed by atoms with E-state index in [2.05, 4.69) is 48.8 Å². The van der Waals surface area contributed by atoms with E-state index in [1.807, 2.05) is 25.5 Å². The number of aromatic nitrogens is 2. The van der Waals surface area contributed by atoms with Crippen LogP contribution in [0.15, 0.2) is 23.5 Å². The largest absolute Gasteiger partial charge is 0.356 e. The molecular formula is C22H39N7. The average molecular weight is 402 g/mol. The number of aliphatic imine (C=N–C) groups is 1. The fourth-order valence-corrected chi connectivity index (χ4v) is 4.77. The molecule has 1 unspecified atom stereocenters. The monoisotopic (exact) mass is 401 g/mol. The van der Waals surface area contributed by atoms with Crippen molar-refractivity contribution in [1.29, 1.82) is 0 Å². The lowest BCUT2D eigenvalue weighted by atomic mass is 9.78. The normalized spacial score (nSPS) is 24.0. The Hall–Kier alpha value is -1.89. The topological polar surface area (TPSA) is 59.9 Å². The first-order valence-electron chi connectivity index (χ1n) is 11.3. The Morgan fingerprint density at radius 3 is 2.62 bits per heavy atom. The van der Waals surface area contributed by atoms with Gasteiger partial charge in [0.1, 0.15) is 0 Å². The molecule has 1 atom stereocenters. The second-order valence-corrected chi connectivity index (χ2v) is 8.79. The van der Waals surface area contributed by atoms with Crippen LogP contribution in [0.5, 0.6) is 0 Å². The summed E-state index contributed by atoms with van der Waals surface area (Å²) < 4.78 is 0. The van der Waals surface area contributed by atoms with E-state index in [4.69, 9.17) is 0 Å². The van der Waals surface area contributed by atoms with Crippen LogP contribution in [-0.4, -0.2) is 85.1 Å². The van der Waals surface area contributed by atoms with E-state index >= 15 is 0 Å². The number of hydrogen-bond acceptors (Lipinski definition) is 5. The molecule has 1 aromatic heterocycles. The molecule has 2 aliphatic rings. The Morgan fingerprint density at radius 1 is 1.17 bits per heavy atom. The second kappa shape index (κ2) is 10.8. The molecule has 29 heavy (non-hydrogen) atoms. The van der Waals surface area contributed by atoms with Gasteiger partial charge in [-0.2, -0.15) is 0 Å². The summed E-state index contributed by atoms with van der Waals surface area (Å²) in [5.74, 6) is 1.94. The summed E-state index contributed by atoms with van der Waals surface area (Å²) in [5.41, 5.74) is 0.437. The third-order valence-corrected chi connectivity index (χ3v) is 6.29. The van der Waals surface area contributed by atoms with Gasteiger partial charge in [0.2, 0.25) is 5.95 Å². The van der Waals surface area contributed by atoms with Crippen LogP contribution in [0.25, 0.3) is 0 Å². The summed E-state index contributed by atoms with van der Waals surface area (Å²) >= 11 is 0. The Morgan fingerprint density at radius 2 is 1.93 bits per heavy atom. The highest BCUT2D eigenvalue weighted by atomic mass is 15.3. The number of likely N-dealkylation sites (tertiary alicyclic amines) is 1. The molecule has 7 nitrogen and oxygen atoms in total. The van der Waals surface area contributed by atoms with Gasteiger partial charge in [0.15, 0.2) is 5.96 Å². The fraction of sp³-hybridized carbons (Fsp3) is 0.773. The van der Waals surface area contributed by atoms with Crippen LogP contribution in [0, 0.1) is 5.41 Å². The van der Waals surface area contributed by atoms with Crippen LogP contribution in [0.2, 0.25) is 0 Å². The highest BCUT2D eigenvalue weighted by Crippen LogP contribution is 2.33. The lowest BCUT2D eigenvalue weighted by Gasteiger charge is -2.42. The Kier molecular flexibility index (Phi) is 8.09. The molecule has 0 aliphatic carbocycles. The number of piperazine rings is 1. The number of nitrogens with one attached hydrogen (secondary N) is 1. The summed E-state index contributed by atoms with van der Waals surface area (Å²) in [6, 6.07) is 1.87. The zero-order valence-corrected chi connectivity index (χ0v) is 18.6. The van der Waals surface area contributed by atoms with E-state index in [1.165, 1.54) is 25.7 Å². The number of anilines is 1. The van der Waals surface area contributed by atoms with Gasteiger partial charge < -0.3 is 15.1 Å². The van der Waals surface area contributed by atoms with E-state index in [1.54, 1.807) is 0 Å². The number of hydrogen-bond donors (Lipinski definition) is 1. The lowest BCUT2D eigenvalue weighted by molar-refractivity contribution is 0.142. The van der Waals surface area contributed by atoms with Crippen molar-refractivity contribution in [2.24, 2.45) is 10.4 Å². The van der Waals surface area contributed by atoms with Gasteiger partial charge in [-0.15, -0.1) is 0 Å². The van der Waals surface area contributed by atoms with E-state index in [0.717, 1.165) is 70.7 Å². The zero-order valence-electron chi connectivity index (χ0n) is 18.6. The van der Waals surface area contributed by atoms with Crippen molar-refractivity contribution < 1.29 is 0 Å². The van der Waals surface area contributed by atoms with Crippen LogP contribution in [0.4, 0.5) is 5.95 Å². The maximum atomic E-state index is 4.56. The fourth-order valence-electron chi connectivity index (χ4n) is 4.77. The molecule has 3 rings (SSSR count). The van der Waals surface area contributed by atoms with E-state index in [-0.39, 0.29) is 0 Å². The molecule has 2 aliphatic heterocycles. The summed E-state index contributed by atoms with van der Waals surface area (Å²) in [6.07, 6.45) is 9.96. The lowest BCUT2D eigenvalue weighted by Crippen LogP contribution is -2.50. The van der Waals surface area contributed by atoms with E-state index in [9.17, 15) is 0 Å². The molecule has 0 aromatic carbocycles. The summed E-state index contributed by atoms with van der Waals surface area (Å²) in [5, 5.41) is 3.61. The standard InChI is InChI=1S/C22H39N7/c1-4-8-22(2)9-5-14-29(19-22)20(23-3)24-12-7-13-27-15-17-28(18-16-27)21-25-10-6-11-26-21/h6,10-11H,4-5,7-9,12-19H2,1-3H3,(H,23,24). The average Bonchev–Trinajstić information content (AvgIpc) is 2.75. The zero-order chi connectivity index (χ0) is 20.5. The number of guanidine groups is 1. The Bertz CT molecular complexity index is 623. The first-order valence-corrected chi connectivity index (χ1v) is 11.3. The molecule has 2 fully saturated rings. The van der Waals surface area contributed by atoms with Gasteiger partial charge in [-0.25, -0.2) is 9.97 Å². The van der Waals surface area contributed by atoms with Crippen LogP contribution in [-0.2, 0) is 0 Å². The SMILES string of the molecule is CCCC1(C)CCCN(C(=NC)NCCCN2CCN(c3ncccn3)CC2)C1. The summed E-state index contributed by atoms with van der Waals surface area (Å²) in [7, 11) is 1.92. The molecule has 162 valence electrons. The maximum absolute atomic E-state index is 4.56. The third-order valence-electron chi connectivity index (χ3n) is 6.29. The van der Waals surface area contributed by atoms with Gasteiger partial charge in [0.25, 0.3) is 0 Å². The molecule has 0 saturated carbocycles. The van der Waals surface area contributed by atoms with Crippen molar-refractivity contribution in [1.82, 2.24) is 25.1 Å². The Balaban J connectivity index is 1.35. The Labute approximate surface area is 176 Å². The van der Waals surface area contributed by atoms with Crippen molar-refractivity contribution in [2.75, 3.05) is 64.3 Å². The molecule has 0 bridgehead atoms. The van der Waals surface area contributed by atoms with Crippen LogP contribution in [0.1, 0.15) is 46.0 Å². The van der Waals surface area contributed by atoms with Gasteiger partial charge in [0, 0.05) is 65.3 Å². The molecule has 7 heteroatoms. The van der Waals surface area contributed by atoms with Crippen LogP contribution >= 0.6 is 0 Å². The third kappa shape index (κ3) is 6.29. The van der Waals surface area contributed by atoms with E-state index < -0.39 is 0 Å². The molecule has 1 N–H and O–H groups in total. The first kappa shape index (κ1) is 21.8. The van der Waals surface area contributed by atoms with Crippen LogP contribution in [0.3, 0.4) is 0 Å². The van der Waals surface area contributed by atoms with Crippen LogP contribution < -0.4 is 10.2 Å². The number of nitrogens with zero attached hydrogens (tertiary/aromatic N) is 6. The number of rotatable bonds is 7. The highest BCUT2D eigenvalue weighted by Gasteiger charge is 2.31. The van der Waals surface area contributed by atoms with Crippen molar-refractivity contribution in [3.8, 4) is 0 Å². The van der Waals surface area contributed by atoms with Gasteiger partial charge in [-0.3, -0.25) is 9.89 Å². The summed E-state index contributed by atoms with van der Waals surface area (Å²) in [4.78, 5) is 20.6. The van der Waals surface area contributed by atoms with Crippen molar-refractivity contribution >= 4 is 11.9 Å². The van der Waals surface area contributed by atoms with Gasteiger partial charge in [-0.05, 0) is 43.7 Å². The molecular weight excluding hydrogens is 362 g/mol. The van der Waals surface area contributed by atoms with Crippen molar-refractivity contribution in [2.45, 2.75) is 46.0 Å². The number of piperidine rings is 1. The van der Waals surface area contributed by atoms with Crippen molar-refractivity contribution in [3.63, 3.8) is 0 Å². The minimum absolute atomic E-state index is 0.437. The van der Waals surface area contributed by atoms with E-state index in [0.29, 0.717) is 5.41 Å². The molecule has 0 spiro atoms. The smallest absolute Gasteiger partial charge is 0.225 e. The quantitative estimate of drug-likeness (QED) is 0.430. The first-order chi connectivity index (χ1) is 14.1. The summed E-state index contributed by atoms with van der Waals surface area (Å²) in [6.45, 7) is 13.3. The van der Waals surface area contributed by atoms with Crippen molar-refractivity contribution in [3.05, 3.63) is 18.5 Å². The molecule has 2 saturated heterocycles. The van der Waals surface area contributed by atoms with Gasteiger partial charge in [0.05, 0.1) is 0 Å².